The minimum atomic E-state index is -3.43. The second kappa shape index (κ2) is 7.21. The van der Waals surface area contributed by atoms with Gasteiger partial charge in [0.15, 0.2) is 0 Å². The third-order valence-electron chi connectivity index (χ3n) is 3.30. The van der Waals surface area contributed by atoms with Gasteiger partial charge in [-0.15, -0.1) is 12.4 Å². The second-order valence-electron chi connectivity index (χ2n) is 4.61. The summed E-state index contributed by atoms with van der Waals surface area (Å²) in [5.41, 5.74) is 0. The molecular weight excluding hydrogens is 302 g/mol. The summed E-state index contributed by atoms with van der Waals surface area (Å²) >= 11 is 0. The van der Waals surface area contributed by atoms with Crippen LogP contribution >= 0.6 is 12.4 Å². The maximum absolute atomic E-state index is 12.4. The van der Waals surface area contributed by atoms with Crippen molar-refractivity contribution in [1.29, 1.82) is 0 Å². The molecule has 0 aliphatic carbocycles. The van der Waals surface area contributed by atoms with E-state index in [1.807, 2.05) is 7.05 Å². The predicted molar refractivity (Wildman–Crippen MR) is 78.8 cm³/mol. The van der Waals surface area contributed by atoms with E-state index in [0.29, 0.717) is 24.9 Å². The third-order valence-corrected chi connectivity index (χ3v) is 5.15. The van der Waals surface area contributed by atoms with E-state index in [9.17, 15) is 8.42 Å². The summed E-state index contributed by atoms with van der Waals surface area (Å²) in [5.74, 6) is 0.791. The number of methoxy groups -OCH3 is 1. The van der Waals surface area contributed by atoms with Crippen molar-refractivity contribution < 1.29 is 13.2 Å². The van der Waals surface area contributed by atoms with E-state index in [0.717, 1.165) is 13.0 Å². The van der Waals surface area contributed by atoms with Crippen molar-refractivity contribution >= 4 is 22.4 Å². The van der Waals surface area contributed by atoms with E-state index < -0.39 is 10.0 Å². The van der Waals surface area contributed by atoms with Crippen LogP contribution in [0.15, 0.2) is 23.2 Å². The normalized spacial score (nSPS) is 19.6. The zero-order chi connectivity index (χ0) is 13.9. The quantitative estimate of drug-likeness (QED) is 0.866. The van der Waals surface area contributed by atoms with Gasteiger partial charge in [0.05, 0.1) is 13.3 Å². The molecule has 1 aliphatic heterocycles. The molecule has 0 saturated carbocycles. The van der Waals surface area contributed by atoms with E-state index in [1.54, 1.807) is 6.07 Å². The van der Waals surface area contributed by atoms with Crippen molar-refractivity contribution in [3.05, 3.63) is 18.3 Å². The van der Waals surface area contributed by atoms with E-state index in [2.05, 4.69) is 10.3 Å². The standard InChI is InChI=1S/C12H19N3O3S.ClH/c1-13-7-10-5-6-15(9-10)19(16,17)11-3-4-12(18-2)14-8-11;/h3-4,8,10,13H,5-7,9H2,1-2H3;1H. The molecule has 1 aromatic heterocycles. The van der Waals surface area contributed by atoms with Gasteiger partial charge in [-0.3, -0.25) is 0 Å². The largest absolute Gasteiger partial charge is 0.481 e. The van der Waals surface area contributed by atoms with Gasteiger partial charge < -0.3 is 10.1 Å². The number of hydrogen-bond acceptors (Lipinski definition) is 5. The van der Waals surface area contributed by atoms with Gasteiger partial charge in [-0.25, -0.2) is 13.4 Å². The predicted octanol–water partition coefficient (Wildman–Crippen LogP) is 0.742. The number of pyridine rings is 1. The maximum Gasteiger partial charge on any atom is 0.244 e. The first-order valence-electron chi connectivity index (χ1n) is 6.22. The first kappa shape index (κ1) is 17.2. The Hall–Kier alpha value is -0.890. The van der Waals surface area contributed by atoms with Crippen LogP contribution in [0.5, 0.6) is 5.88 Å². The second-order valence-corrected chi connectivity index (χ2v) is 6.55. The minimum Gasteiger partial charge on any atom is -0.481 e. The highest BCUT2D eigenvalue weighted by Crippen LogP contribution is 2.24. The Morgan fingerprint density at radius 1 is 1.50 bits per heavy atom. The summed E-state index contributed by atoms with van der Waals surface area (Å²) in [6.07, 6.45) is 2.24. The molecule has 1 atom stereocenters. The van der Waals surface area contributed by atoms with E-state index in [-0.39, 0.29) is 17.3 Å². The lowest BCUT2D eigenvalue weighted by Gasteiger charge is -2.16. The number of hydrogen-bond donors (Lipinski definition) is 1. The van der Waals surface area contributed by atoms with Gasteiger partial charge in [0.1, 0.15) is 4.90 Å². The Morgan fingerprint density at radius 2 is 2.25 bits per heavy atom. The van der Waals surface area contributed by atoms with E-state index in [1.165, 1.54) is 23.7 Å². The van der Waals surface area contributed by atoms with Gasteiger partial charge in [0.2, 0.25) is 15.9 Å². The smallest absolute Gasteiger partial charge is 0.244 e. The fourth-order valence-electron chi connectivity index (χ4n) is 2.26. The first-order chi connectivity index (χ1) is 9.07. The molecule has 114 valence electrons. The lowest BCUT2D eigenvalue weighted by atomic mass is 10.1. The molecule has 2 rings (SSSR count). The van der Waals surface area contributed by atoms with Gasteiger partial charge in [-0.1, -0.05) is 0 Å². The summed E-state index contributed by atoms with van der Waals surface area (Å²) in [7, 11) is -0.0486. The fraction of sp³-hybridized carbons (Fsp3) is 0.583. The van der Waals surface area contributed by atoms with Crippen molar-refractivity contribution in [3.63, 3.8) is 0 Å². The Labute approximate surface area is 126 Å². The summed E-state index contributed by atoms with van der Waals surface area (Å²) in [6, 6.07) is 3.10. The maximum atomic E-state index is 12.4. The number of ether oxygens (including phenoxy) is 1. The fourth-order valence-corrected chi connectivity index (χ4v) is 3.74. The third kappa shape index (κ3) is 3.60. The van der Waals surface area contributed by atoms with Crippen molar-refractivity contribution in [2.45, 2.75) is 11.3 Å². The molecule has 1 unspecified atom stereocenters. The molecule has 20 heavy (non-hydrogen) atoms. The molecule has 1 fully saturated rings. The van der Waals surface area contributed by atoms with Crippen LogP contribution in [0, 0.1) is 5.92 Å². The molecule has 1 aromatic rings. The molecule has 8 heteroatoms. The highest BCUT2D eigenvalue weighted by molar-refractivity contribution is 7.89. The molecular formula is C12H20ClN3O3S. The molecule has 0 spiro atoms. The van der Waals surface area contributed by atoms with Crippen LogP contribution in [0.4, 0.5) is 0 Å². The first-order valence-corrected chi connectivity index (χ1v) is 7.66. The average molecular weight is 322 g/mol. The summed E-state index contributed by atoms with van der Waals surface area (Å²) in [5, 5.41) is 3.09. The van der Waals surface area contributed by atoms with Crippen LogP contribution in [-0.4, -0.2) is 51.5 Å². The zero-order valence-electron chi connectivity index (χ0n) is 11.6. The number of aromatic nitrogens is 1. The average Bonchev–Trinajstić information content (AvgIpc) is 2.89. The molecule has 0 bridgehead atoms. The highest BCUT2D eigenvalue weighted by atomic mass is 35.5. The molecule has 6 nitrogen and oxygen atoms in total. The SMILES string of the molecule is CNCC1CCN(S(=O)(=O)c2ccc(OC)nc2)C1.Cl. The van der Waals surface area contributed by atoms with Crippen LogP contribution < -0.4 is 10.1 Å². The summed E-state index contributed by atoms with van der Waals surface area (Å²) < 4.78 is 31.3. The molecule has 1 saturated heterocycles. The molecule has 1 aliphatic rings. The summed E-state index contributed by atoms with van der Waals surface area (Å²) in [4.78, 5) is 4.17. The van der Waals surface area contributed by atoms with Gasteiger partial charge in [0.25, 0.3) is 0 Å². The summed E-state index contributed by atoms with van der Waals surface area (Å²) in [6.45, 7) is 1.97. The Kier molecular flexibility index (Phi) is 6.19. The Bertz CT molecular complexity index is 521. The monoisotopic (exact) mass is 321 g/mol. The van der Waals surface area contributed by atoms with Gasteiger partial charge >= 0.3 is 0 Å². The highest BCUT2D eigenvalue weighted by Gasteiger charge is 2.32. The van der Waals surface area contributed by atoms with Crippen molar-refractivity contribution in [2.24, 2.45) is 5.92 Å². The molecule has 0 aromatic carbocycles. The number of halogens is 1. The Balaban J connectivity index is 0.00000200. The number of rotatable bonds is 5. The lowest BCUT2D eigenvalue weighted by Crippen LogP contribution is -2.30. The lowest BCUT2D eigenvalue weighted by molar-refractivity contribution is 0.396. The minimum absolute atomic E-state index is 0. The number of sulfonamides is 1. The number of nitrogens with one attached hydrogen (secondary N) is 1. The van der Waals surface area contributed by atoms with Crippen LogP contribution in [-0.2, 0) is 10.0 Å². The van der Waals surface area contributed by atoms with Gasteiger partial charge in [0, 0.05) is 19.2 Å². The van der Waals surface area contributed by atoms with E-state index in [4.69, 9.17) is 4.74 Å². The zero-order valence-corrected chi connectivity index (χ0v) is 13.2. The van der Waals surface area contributed by atoms with Gasteiger partial charge in [-0.05, 0) is 32.0 Å². The topological polar surface area (TPSA) is 71.5 Å². The molecule has 0 amide bonds. The molecule has 2 heterocycles. The van der Waals surface area contributed by atoms with Crippen LogP contribution in [0.3, 0.4) is 0 Å². The molecule has 1 N–H and O–H groups in total. The van der Waals surface area contributed by atoms with Crippen LogP contribution in [0.1, 0.15) is 6.42 Å². The van der Waals surface area contributed by atoms with Crippen molar-refractivity contribution in [3.8, 4) is 5.88 Å². The molecule has 0 radical (unpaired) electrons. The van der Waals surface area contributed by atoms with E-state index >= 15 is 0 Å². The van der Waals surface area contributed by atoms with Crippen molar-refractivity contribution in [1.82, 2.24) is 14.6 Å². The van der Waals surface area contributed by atoms with Crippen molar-refractivity contribution in [2.75, 3.05) is 33.8 Å². The van der Waals surface area contributed by atoms with Gasteiger partial charge in [-0.2, -0.15) is 4.31 Å². The Morgan fingerprint density at radius 3 is 2.80 bits per heavy atom. The van der Waals surface area contributed by atoms with Crippen LogP contribution in [0.2, 0.25) is 0 Å². The van der Waals surface area contributed by atoms with Crippen LogP contribution in [0.25, 0.3) is 0 Å². The number of nitrogens with zero attached hydrogens (tertiary/aromatic N) is 2.